The van der Waals surface area contributed by atoms with Crippen LogP contribution in [0.25, 0.3) is 0 Å². The molecule has 3 rings (SSSR count). The summed E-state index contributed by atoms with van der Waals surface area (Å²) in [6.07, 6.45) is 2.94. The van der Waals surface area contributed by atoms with Crippen LogP contribution in [0.1, 0.15) is 49.3 Å². The summed E-state index contributed by atoms with van der Waals surface area (Å²) in [6, 6.07) is 12.0. The summed E-state index contributed by atoms with van der Waals surface area (Å²) in [4.78, 5) is 0.195. The zero-order chi connectivity index (χ0) is 21.7. The van der Waals surface area contributed by atoms with E-state index in [2.05, 4.69) is 10.0 Å². The second-order valence-electron chi connectivity index (χ2n) is 7.71. The van der Waals surface area contributed by atoms with Crippen LogP contribution in [0.15, 0.2) is 47.4 Å². The van der Waals surface area contributed by atoms with Crippen LogP contribution in [0, 0.1) is 5.82 Å². The van der Waals surface area contributed by atoms with Gasteiger partial charge in [-0.1, -0.05) is 12.1 Å². The van der Waals surface area contributed by atoms with E-state index >= 15 is 0 Å². The number of hydrogen-bond acceptors (Lipinski definition) is 5. The number of benzene rings is 2. The number of ether oxygens (including phenoxy) is 1. The summed E-state index contributed by atoms with van der Waals surface area (Å²) >= 11 is 0. The molecular weight excluding hydrogens is 407 g/mol. The van der Waals surface area contributed by atoms with Crippen molar-refractivity contribution in [3.05, 3.63) is 59.4 Å². The second-order valence-corrected chi connectivity index (χ2v) is 9.48. The minimum Gasteiger partial charge on any atom is -0.497 e. The fourth-order valence-corrected chi connectivity index (χ4v) is 5.04. The minimum absolute atomic E-state index is 0.00453. The van der Waals surface area contributed by atoms with Gasteiger partial charge in [0.1, 0.15) is 11.6 Å². The highest BCUT2D eigenvalue weighted by molar-refractivity contribution is 7.89. The normalized spacial score (nSPS) is 20.3. The molecular formula is C22H29FN2O4S. The van der Waals surface area contributed by atoms with E-state index in [9.17, 15) is 12.8 Å². The van der Waals surface area contributed by atoms with Gasteiger partial charge in [0.05, 0.1) is 18.6 Å². The van der Waals surface area contributed by atoms with E-state index in [-0.39, 0.29) is 29.9 Å². The van der Waals surface area contributed by atoms with Gasteiger partial charge >= 0.3 is 0 Å². The Balaban J connectivity index is 1.61. The lowest BCUT2D eigenvalue weighted by atomic mass is 9.97. The Morgan fingerprint density at radius 3 is 2.60 bits per heavy atom. The molecule has 0 saturated heterocycles. The van der Waals surface area contributed by atoms with Crippen molar-refractivity contribution >= 4 is 10.0 Å². The van der Waals surface area contributed by atoms with Crippen molar-refractivity contribution in [2.45, 2.75) is 49.1 Å². The molecule has 0 aromatic heterocycles. The largest absolute Gasteiger partial charge is 0.497 e. The fraction of sp³-hybridized carbons (Fsp3) is 0.455. The molecule has 0 radical (unpaired) electrons. The van der Waals surface area contributed by atoms with Crippen molar-refractivity contribution in [3.8, 4) is 5.75 Å². The van der Waals surface area contributed by atoms with Gasteiger partial charge in [0.15, 0.2) is 0 Å². The lowest BCUT2D eigenvalue weighted by Gasteiger charge is -2.21. The predicted octanol–water partition coefficient (Wildman–Crippen LogP) is 3.09. The van der Waals surface area contributed by atoms with Gasteiger partial charge in [0.2, 0.25) is 10.0 Å². The smallest absolute Gasteiger partial charge is 0.240 e. The molecule has 1 saturated carbocycles. The third kappa shape index (κ3) is 5.57. The highest BCUT2D eigenvalue weighted by atomic mass is 32.2. The van der Waals surface area contributed by atoms with Crippen LogP contribution >= 0.6 is 0 Å². The number of aliphatic hydroxyl groups excluding tert-OH is 1. The number of rotatable bonds is 9. The maximum absolute atomic E-state index is 13.8. The molecule has 1 unspecified atom stereocenters. The van der Waals surface area contributed by atoms with E-state index in [1.54, 1.807) is 12.1 Å². The summed E-state index contributed by atoms with van der Waals surface area (Å²) in [7, 11) is -2.07. The van der Waals surface area contributed by atoms with Crippen molar-refractivity contribution in [3.63, 3.8) is 0 Å². The maximum atomic E-state index is 13.8. The first-order valence-corrected chi connectivity index (χ1v) is 11.6. The van der Waals surface area contributed by atoms with Gasteiger partial charge in [-0.05, 0) is 67.5 Å². The summed E-state index contributed by atoms with van der Waals surface area (Å²) < 4.78 is 45.6. The van der Waals surface area contributed by atoms with Crippen LogP contribution < -0.4 is 14.8 Å². The standard InChI is InChI=1S/C22H29FN2O4S/c1-15(18-11-19(23)14-21(13-18)29-2)25-20-6-3-17(12-20)16-4-7-22(8-5-16)30(27,28)24-9-10-26/h4-5,7-8,11,13-15,17,20,24-26H,3,6,9-10,12H2,1-2H3/t15-,17+,20?/m1/s1. The van der Waals surface area contributed by atoms with Gasteiger partial charge in [-0.3, -0.25) is 0 Å². The zero-order valence-electron chi connectivity index (χ0n) is 17.3. The lowest BCUT2D eigenvalue weighted by Crippen LogP contribution is -2.29. The van der Waals surface area contributed by atoms with Gasteiger partial charge in [0.25, 0.3) is 0 Å². The Kier molecular flexibility index (Phi) is 7.46. The Morgan fingerprint density at radius 2 is 1.93 bits per heavy atom. The van der Waals surface area contributed by atoms with E-state index < -0.39 is 10.0 Å². The molecule has 2 aromatic rings. The SMILES string of the molecule is COc1cc(F)cc([C@@H](C)NC2CC[C@H](c3ccc(S(=O)(=O)NCCO)cc3)C2)c1. The molecule has 2 aromatic carbocycles. The van der Waals surface area contributed by atoms with Crippen LogP contribution in [0.3, 0.4) is 0 Å². The monoisotopic (exact) mass is 436 g/mol. The number of hydrogen-bond donors (Lipinski definition) is 3. The average molecular weight is 437 g/mol. The molecule has 0 aliphatic heterocycles. The van der Waals surface area contributed by atoms with Crippen molar-refractivity contribution in [2.24, 2.45) is 0 Å². The van der Waals surface area contributed by atoms with E-state index in [1.807, 2.05) is 25.1 Å². The summed E-state index contributed by atoms with van der Waals surface area (Å²) in [5.41, 5.74) is 1.96. The fourth-order valence-electron chi connectivity index (χ4n) is 4.02. The number of nitrogens with one attached hydrogen (secondary N) is 2. The number of methoxy groups -OCH3 is 1. The van der Waals surface area contributed by atoms with E-state index in [0.29, 0.717) is 17.7 Å². The molecule has 1 fully saturated rings. The van der Waals surface area contributed by atoms with E-state index in [4.69, 9.17) is 9.84 Å². The maximum Gasteiger partial charge on any atom is 0.240 e. The third-order valence-corrected chi connectivity index (χ3v) is 7.09. The quantitative estimate of drug-likeness (QED) is 0.562. The van der Waals surface area contributed by atoms with E-state index in [0.717, 1.165) is 30.4 Å². The van der Waals surface area contributed by atoms with Crippen LogP contribution in [0.2, 0.25) is 0 Å². The lowest BCUT2D eigenvalue weighted by molar-refractivity contribution is 0.301. The van der Waals surface area contributed by atoms with Gasteiger partial charge in [0, 0.05) is 24.7 Å². The summed E-state index contributed by atoms with van der Waals surface area (Å²) in [5, 5.41) is 12.4. The molecule has 1 aliphatic rings. The highest BCUT2D eigenvalue weighted by Crippen LogP contribution is 2.36. The van der Waals surface area contributed by atoms with Gasteiger partial charge in [-0.15, -0.1) is 0 Å². The van der Waals surface area contributed by atoms with Crippen LogP contribution in [-0.4, -0.2) is 39.8 Å². The minimum atomic E-state index is -3.59. The van der Waals surface area contributed by atoms with Gasteiger partial charge in [-0.25, -0.2) is 17.5 Å². The highest BCUT2D eigenvalue weighted by Gasteiger charge is 2.27. The molecule has 3 N–H and O–H groups in total. The molecule has 3 atom stereocenters. The molecule has 1 aliphatic carbocycles. The van der Waals surface area contributed by atoms with Crippen LogP contribution in [0.5, 0.6) is 5.75 Å². The first kappa shape index (κ1) is 22.7. The van der Waals surface area contributed by atoms with Crippen molar-refractivity contribution in [2.75, 3.05) is 20.3 Å². The predicted molar refractivity (Wildman–Crippen MR) is 114 cm³/mol. The Bertz CT molecular complexity index is 950. The second kappa shape index (κ2) is 9.87. The first-order chi connectivity index (χ1) is 14.3. The molecule has 0 bridgehead atoms. The van der Waals surface area contributed by atoms with Crippen molar-refractivity contribution in [1.82, 2.24) is 10.0 Å². The Hall–Kier alpha value is -2.00. The Morgan fingerprint density at radius 1 is 1.20 bits per heavy atom. The Labute approximate surface area is 177 Å². The van der Waals surface area contributed by atoms with Crippen molar-refractivity contribution in [1.29, 1.82) is 0 Å². The number of aliphatic hydroxyl groups is 1. The van der Waals surface area contributed by atoms with Gasteiger partial charge < -0.3 is 15.2 Å². The molecule has 164 valence electrons. The molecule has 6 nitrogen and oxygen atoms in total. The molecule has 0 amide bonds. The third-order valence-electron chi connectivity index (χ3n) is 5.61. The molecule has 0 spiro atoms. The number of sulfonamides is 1. The summed E-state index contributed by atoms with van der Waals surface area (Å²) in [5.74, 6) is 0.538. The average Bonchev–Trinajstić information content (AvgIpc) is 3.20. The molecule has 8 heteroatoms. The number of halogens is 1. The molecule has 30 heavy (non-hydrogen) atoms. The summed E-state index contributed by atoms with van der Waals surface area (Å²) in [6.45, 7) is 1.77. The first-order valence-electron chi connectivity index (χ1n) is 10.1. The van der Waals surface area contributed by atoms with E-state index in [1.165, 1.54) is 19.2 Å². The zero-order valence-corrected chi connectivity index (χ0v) is 18.1. The van der Waals surface area contributed by atoms with Gasteiger partial charge in [-0.2, -0.15) is 0 Å². The molecule has 0 heterocycles. The van der Waals surface area contributed by atoms with Crippen LogP contribution in [0.4, 0.5) is 4.39 Å². The topological polar surface area (TPSA) is 87.7 Å². The van der Waals surface area contributed by atoms with Crippen molar-refractivity contribution < 1.29 is 22.7 Å². The van der Waals surface area contributed by atoms with Crippen LogP contribution in [-0.2, 0) is 10.0 Å².